The first kappa shape index (κ1) is 8.67. The van der Waals surface area contributed by atoms with Crippen molar-refractivity contribution in [2.24, 2.45) is 0 Å². The van der Waals surface area contributed by atoms with Crippen LogP contribution in [0.3, 0.4) is 0 Å². The summed E-state index contributed by atoms with van der Waals surface area (Å²) in [6.07, 6.45) is 4.71. The second kappa shape index (κ2) is 3.44. The lowest BCUT2D eigenvalue weighted by Crippen LogP contribution is -2.12. The molecule has 2 heterocycles. The second-order valence-corrected chi connectivity index (χ2v) is 2.57. The van der Waals surface area contributed by atoms with Crippen LogP contribution in [0, 0.1) is 5.21 Å². The van der Waals surface area contributed by atoms with Crippen LogP contribution in [0.1, 0.15) is 0 Å². The minimum Gasteiger partial charge on any atom is -0.733 e. The molecule has 0 unspecified atom stereocenters. The van der Waals surface area contributed by atoms with Gasteiger partial charge in [0.2, 0.25) is 0 Å². The zero-order chi connectivity index (χ0) is 9.97. The molecule has 0 aliphatic heterocycles. The lowest BCUT2D eigenvalue weighted by Gasteiger charge is -2.23. The fourth-order valence-corrected chi connectivity index (χ4v) is 1.11. The first-order chi connectivity index (χ1) is 6.79. The number of hydrogen-bond donors (Lipinski definition) is 1. The fraction of sp³-hybridized carbons (Fsp3) is 0. The van der Waals surface area contributed by atoms with Gasteiger partial charge >= 0.3 is 0 Å². The standard InChI is InChI=1S/C8H7N4O2/c13-12(14)7-3-1-4-9-8(7)11-6-2-5-10-11/h1-6,13H/q-1. The van der Waals surface area contributed by atoms with E-state index in [4.69, 9.17) is 5.21 Å². The molecule has 0 aliphatic carbocycles. The van der Waals surface area contributed by atoms with Gasteiger partial charge in [0.1, 0.15) is 0 Å². The monoisotopic (exact) mass is 191 g/mol. The molecule has 0 spiro atoms. The molecule has 0 fully saturated rings. The summed E-state index contributed by atoms with van der Waals surface area (Å²) in [5.41, 5.74) is 0.0520. The maximum atomic E-state index is 10.8. The molecule has 0 atom stereocenters. The third kappa shape index (κ3) is 1.43. The Morgan fingerprint density at radius 3 is 2.86 bits per heavy atom. The van der Waals surface area contributed by atoms with Gasteiger partial charge in [-0.3, -0.25) is 5.21 Å². The summed E-state index contributed by atoms with van der Waals surface area (Å²) in [5, 5.41) is 23.2. The quantitative estimate of drug-likeness (QED) is 0.715. The Bertz CT molecular complexity index is 413. The van der Waals surface area contributed by atoms with Crippen LogP contribution in [-0.2, 0) is 0 Å². The van der Waals surface area contributed by atoms with Gasteiger partial charge in [-0.25, -0.2) is 9.67 Å². The van der Waals surface area contributed by atoms with Gasteiger partial charge in [-0.1, -0.05) is 0 Å². The molecule has 6 heteroatoms. The molecule has 0 saturated carbocycles. The summed E-state index contributed by atoms with van der Waals surface area (Å²) < 4.78 is 1.40. The number of hydrogen-bond acceptors (Lipinski definition) is 5. The number of aromatic nitrogens is 3. The zero-order valence-electron chi connectivity index (χ0n) is 7.11. The molecule has 2 aromatic heterocycles. The molecule has 14 heavy (non-hydrogen) atoms. The summed E-state index contributed by atoms with van der Waals surface area (Å²) >= 11 is 0. The van der Waals surface area contributed by atoms with Crippen LogP contribution in [-0.4, -0.2) is 20.0 Å². The Morgan fingerprint density at radius 2 is 2.21 bits per heavy atom. The first-order valence-corrected chi connectivity index (χ1v) is 3.90. The van der Waals surface area contributed by atoms with Crippen molar-refractivity contribution >= 4 is 5.69 Å². The van der Waals surface area contributed by atoms with E-state index in [2.05, 4.69) is 10.1 Å². The van der Waals surface area contributed by atoms with Crippen LogP contribution >= 0.6 is 0 Å². The highest BCUT2D eigenvalue weighted by Gasteiger charge is 2.05. The number of anilines is 1. The minimum absolute atomic E-state index is 0.0520. The highest BCUT2D eigenvalue weighted by Crippen LogP contribution is 2.18. The van der Waals surface area contributed by atoms with E-state index in [1.807, 2.05) is 0 Å². The van der Waals surface area contributed by atoms with Crippen LogP contribution in [0.5, 0.6) is 0 Å². The molecular formula is C8H7N4O2-. The van der Waals surface area contributed by atoms with E-state index >= 15 is 0 Å². The van der Waals surface area contributed by atoms with Gasteiger partial charge in [0.25, 0.3) is 0 Å². The van der Waals surface area contributed by atoms with Crippen molar-refractivity contribution in [3.8, 4) is 5.82 Å². The van der Waals surface area contributed by atoms with Gasteiger partial charge in [-0.05, 0) is 18.2 Å². The minimum atomic E-state index is -0.232. The predicted octanol–water partition coefficient (Wildman–Crippen LogP) is 0.961. The third-order valence-corrected chi connectivity index (χ3v) is 1.69. The summed E-state index contributed by atoms with van der Waals surface area (Å²) in [6, 6.07) is 4.71. The summed E-state index contributed by atoms with van der Waals surface area (Å²) in [7, 11) is 0. The normalized spacial score (nSPS) is 10.1. The van der Waals surface area contributed by atoms with Gasteiger partial charge in [0.05, 0.1) is 5.69 Å². The zero-order valence-corrected chi connectivity index (χ0v) is 7.11. The van der Waals surface area contributed by atoms with E-state index in [0.29, 0.717) is 0 Å². The van der Waals surface area contributed by atoms with Gasteiger partial charge in [-0.2, -0.15) is 5.10 Å². The number of pyridine rings is 1. The lowest BCUT2D eigenvalue weighted by atomic mass is 10.4. The van der Waals surface area contributed by atoms with E-state index in [-0.39, 0.29) is 16.7 Å². The number of rotatable bonds is 2. The molecule has 6 nitrogen and oxygen atoms in total. The fourth-order valence-electron chi connectivity index (χ4n) is 1.11. The van der Waals surface area contributed by atoms with Crippen molar-refractivity contribution in [3.05, 3.63) is 42.0 Å². The highest BCUT2D eigenvalue weighted by atomic mass is 16.8. The molecule has 0 bridgehead atoms. The molecule has 0 amide bonds. The van der Waals surface area contributed by atoms with Gasteiger partial charge in [-0.15, -0.1) is 0 Å². The van der Waals surface area contributed by atoms with E-state index < -0.39 is 0 Å². The molecular weight excluding hydrogens is 184 g/mol. The van der Waals surface area contributed by atoms with E-state index in [9.17, 15) is 5.21 Å². The topological polar surface area (TPSA) is 77.2 Å². The molecule has 2 aromatic rings. The van der Waals surface area contributed by atoms with Crippen LogP contribution in [0.25, 0.3) is 5.82 Å². The van der Waals surface area contributed by atoms with Crippen LogP contribution in [0.15, 0.2) is 36.8 Å². The van der Waals surface area contributed by atoms with Crippen LogP contribution < -0.4 is 5.23 Å². The smallest absolute Gasteiger partial charge is 0.178 e. The van der Waals surface area contributed by atoms with Crippen molar-refractivity contribution in [2.75, 3.05) is 5.23 Å². The Labute approximate surface area is 79.6 Å². The molecule has 0 radical (unpaired) electrons. The van der Waals surface area contributed by atoms with Crippen molar-refractivity contribution in [1.82, 2.24) is 14.8 Å². The Kier molecular flexibility index (Phi) is 2.13. The lowest BCUT2D eigenvalue weighted by molar-refractivity contribution is 0.296. The van der Waals surface area contributed by atoms with Gasteiger partial charge < -0.3 is 10.4 Å². The highest BCUT2D eigenvalue weighted by molar-refractivity contribution is 5.56. The van der Waals surface area contributed by atoms with Crippen LogP contribution in [0.2, 0.25) is 0 Å². The number of nitrogens with zero attached hydrogens (tertiary/aromatic N) is 4. The Hall–Kier alpha value is -1.92. The van der Waals surface area contributed by atoms with Gasteiger partial charge in [0.15, 0.2) is 5.82 Å². The van der Waals surface area contributed by atoms with Crippen molar-refractivity contribution in [2.45, 2.75) is 0 Å². The van der Waals surface area contributed by atoms with E-state index in [0.717, 1.165) is 0 Å². The molecule has 0 aliphatic rings. The second-order valence-electron chi connectivity index (χ2n) is 2.57. The molecule has 0 aromatic carbocycles. The Balaban J connectivity index is 2.53. The molecule has 72 valence electrons. The summed E-state index contributed by atoms with van der Waals surface area (Å²) in [6.45, 7) is 0. The summed E-state index contributed by atoms with van der Waals surface area (Å²) in [5.74, 6) is 0.287. The van der Waals surface area contributed by atoms with E-state index in [1.54, 1.807) is 24.5 Å². The molecule has 0 saturated heterocycles. The molecule has 1 N–H and O–H groups in total. The largest absolute Gasteiger partial charge is 0.733 e. The molecule has 2 rings (SSSR count). The van der Waals surface area contributed by atoms with Crippen molar-refractivity contribution < 1.29 is 5.21 Å². The summed E-state index contributed by atoms with van der Waals surface area (Å²) in [4.78, 5) is 3.94. The van der Waals surface area contributed by atoms with Crippen molar-refractivity contribution in [3.63, 3.8) is 0 Å². The third-order valence-electron chi connectivity index (χ3n) is 1.69. The Morgan fingerprint density at radius 1 is 1.36 bits per heavy atom. The average molecular weight is 191 g/mol. The predicted molar refractivity (Wildman–Crippen MR) is 49.0 cm³/mol. The van der Waals surface area contributed by atoms with Crippen molar-refractivity contribution in [1.29, 1.82) is 0 Å². The first-order valence-electron chi connectivity index (χ1n) is 3.90. The van der Waals surface area contributed by atoms with E-state index in [1.165, 1.54) is 16.9 Å². The maximum absolute atomic E-state index is 10.8. The average Bonchev–Trinajstić information content (AvgIpc) is 2.70. The van der Waals surface area contributed by atoms with Crippen LogP contribution in [0.4, 0.5) is 5.69 Å². The SMILES string of the molecule is [O-]N(O)c1cccnc1-n1cccn1. The van der Waals surface area contributed by atoms with Gasteiger partial charge in [0, 0.05) is 18.6 Å². The maximum Gasteiger partial charge on any atom is 0.178 e.